The molecular formula is C30H50O3SSi. The van der Waals surface area contributed by atoms with Crippen molar-refractivity contribution in [1.82, 2.24) is 0 Å². The minimum absolute atomic E-state index is 0.0618. The van der Waals surface area contributed by atoms with Gasteiger partial charge in [0.25, 0.3) is 0 Å². The molecule has 0 fully saturated rings. The molecule has 0 spiro atoms. The number of sulfone groups is 1. The molecule has 0 aliphatic rings. The number of allylic oxidation sites excluding steroid dienone is 4. The van der Waals surface area contributed by atoms with E-state index in [1.165, 1.54) is 11.1 Å². The van der Waals surface area contributed by atoms with Gasteiger partial charge in [0.2, 0.25) is 8.32 Å². The largest absolute Gasteiger partial charge is 0.412 e. The minimum Gasteiger partial charge on any atom is -0.412 e. The average molecular weight is 519 g/mol. The van der Waals surface area contributed by atoms with Crippen molar-refractivity contribution in [3.8, 4) is 0 Å². The molecule has 0 atom stereocenters. The fraction of sp³-hybridized carbons (Fsp3) is 0.600. The zero-order valence-corrected chi connectivity index (χ0v) is 25.5. The highest BCUT2D eigenvalue weighted by Gasteiger charge is 2.44. The van der Waals surface area contributed by atoms with E-state index in [1.54, 1.807) is 24.3 Å². The standard InChI is InChI=1S/C30H50O3SSi/c1-24(2)35(25(3)4,26(5)6)33-23-29(9)18-14-16-27(7)15-13-17-28(8)21-22-34(31,32)30-19-11-10-12-20-30/h10-12,15,18-21,24-26H,13-14,16-17,22-23H2,1-9H3/b27-15+,28-21+,29-18+. The highest BCUT2D eigenvalue weighted by atomic mass is 32.2. The smallest absolute Gasteiger partial charge is 0.200 e. The first-order valence-corrected chi connectivity index (χ1v) is 17.0. The van der Waals surface area contributed by atoms with E-state index >= 15 is 0 Å². The zero-order chi connectivity index (χ0) is 26.6. The van der Waals surface area contributed by atoms with Crippen molar-refractivity contribution >= 4 is 18.2 Å². The maximum absolute atomic E-state index is 12.4. The van der Waals surface area contributed by atoms with Crippen LogP contribution in [-0.2, 0) is 14.3 Å². The van der Waals surface area contributed by atoms with Crippen LogP contribution < -0.4 is 0 Å². The van der Waals surface area contributed by atoms with E-state index in [0.717, 1.165) is 37.9 Å². The molecule has 0 N–H and O–H groups in total. The predicted octanol–water partition coefficient (Wildman–Crippen LogP) is 9.05. The Hall–Kier alpha value is -1.43. The lowest BCUT2D eigenvalue weighted by Crippen LogP contribution is -2.48. The summed E-state index contributed by atoms with van der Waals surface area (Å²) in [4.78, 5) is 0.388. The van der Waals surface area contributed by atoms with Crippen LogP contribution in [0, 0.1) is 0 Å². The van der Waals surface area contributed by atoms with Crippen LogP contribution in [0.15, 0.2) is 70.2 Å². The molecule has 1 aromatic carbocycles. The molecule has 35 heavy (non-hydrogen) atoms. The first kappa shape index (κ1) is 31.6. The summed E-state index contributed by atoms with van der Waals surface area (Å²) in [6.45, 7) is 21.1. The van der Waals surface area contributed by atoms with Crippen LogP contribution in [0.3, 0.4) is 0 Å². The van der Waals surface area contributed by atoms with E-state index in [-0.39, 0.29) is 5.75 Å². The van der Waals surface area contributed by atoms with Crippen molar-refractivity contribution in [3.05, 3.63) is 65.3 Å². The summed E-state index contributed by atoms with van der Waals surface area (Å²) in [5, 5.41) is 0. The lowest BCUT2D eigenvalue weighted by Gasteiger charge is -2.42. The molecule has 0 aromatic heterocycles. The summed E-state index contributed by atoms with van der Waals surface area (Å²) in [6, 6.07) is 8.67. The molecule has 0 radical (unpaired) electrons. The zero-order valence-electron chi connectivity index (χ0n) is 23.7. The van der Waals surface area contributed by atoms with Gasteiger partial charge in [-0.15, -0.1) is 0 Å². The molecule has 0 bridgehead atoms. The monoisotopic (exact) mass is 518 g/mol. The van der Waals surface area contributed by atoms with Gasteiger partial charge in [0.05, 0.1) is 17.3 Å². The maximum atomic E-state index is 12.4. The second-order valence-electron chi connectivity index (χ2n) is 10.9. The van der Waals surface area contributed by atoms with E-state index in [2.05, 4.69) is 67.5 Å². The van der Waals surface area contributed by atoms with Gasteiger partial charge >= 0.3 is 0 Å². The molecule has 0 saturated heterocycles. The summed E-state index contributed by atoms with van der Waals surface area (Å²) in [5.41, 5.74) is 5.66. The Morgan fingerprint density at radius 1 is 0.771 bits per heavy atom. The van der Waals surface area contributed by atoms with Gasteiger partial charge in [-0.2, -0.15) is 0 Å². The van der Waals surface area contributed by atoms with Crippen molar-refractivity contribution in [2.75, 3.05) is 12.4 Å². The van der Waals surface area contributed by atoms with Gasteiger partial charge in [0.1, 0.15) is 0 Å². The van der Waals surface area contributed by atoms with Crippen LogP contribution in [0.5, 0.6) is 0 Å². The Morgan fingerprint density at radius 3 is 1.71 bits per heavy atom. The van der Waals surface area contributed by atoms with Crippen molar-refractivity contribution in [1.29, 1.82) is 0 Å². The lowest BCUT2D eigenvalue weighted by atomic mass is 10.1. The highest BCUT2D eigenvalue weighted by Crippen LogP contribution is 2.42. The maximum Gasteiger partial charge on any atom is 0.200 e. The van der Waals surface area contributed by atoms with Crippen LogP contribution in [0.2, 0.25) is 16.6 Å². The van der Waals surface area contributed by atoms with Crippen molar-refractivity contribution in [2.24, 2.45) is 0 Å². The predicted molar refractivity (Wildman–Crippen MR) is 155 cm³/mol. The Labute approximate surface area is 217 Å². The first-order chi connectivity index (χ1) is 16.3. The Balaban J connectivity index is 2.51. The minimum atomic E-state index is -3.25. The summed E-state index contributed by atoms with van der Waals surface area (Å²) in [6.07, 6.45) is 10.4. The Kier molecular flexibility index (Phi) is 13.5. The second kappa shape index (κ2) is 15.0. The molecule has 1 rings (SSSR count). The second-order valence-corrected chi connectivity index (χ2v) is 18.4. The highest BCUT2D eigenvalue weighted by molar-refractivity contribution is 7.91. The van der Waals surface area contributed by atoms with Crippen molar-refractivity contribution < 1.29 is 12.8 Å². The van der Waals surface area contributed by atoms with Crippen LogP contribution in [-0.4, -0.2) is 29.1 Å². The number of benzene rings is 1. The van der Waals surface area contributed by atoms with E-state index < -0.39 is 18.2 Å². The van der Waals surface area contributed by atoms with Crippen molar-refractivity contribution in [3.63, 3.8) is 0 Å². The van der Waals surface area contributed by atoms with E-state index in [1.807, 2.05) is 19.1 Å². The van der Waals surface area contributed by atoms with Crippen LogP contribution in [0.25, 0.3) is 0 Å². The summed E-state index contributed by atoms with van der Waals surface area (Å²) in [5.74, 6) is 0.0618. The Morgan fingerprint density at radius 2 is 1.23 bits per heavy atom. The van der Waals surface area contributed by atoms with Gasteiger partial charge in [-0.05, 0) is 75.2 Å². The molecule has 3 nitrogen and oxygen atoms in total. The topological polar surface area (TPSA) is 43.4 Å². The molecule has 0 amide bonds. The van der Waals surface area contributed by atoms with Crippen LogP contribution >= 0.6 is 0 Å². The molecule has 198 valence electrons. The van der Waals surface area contributed by atoms with Gasteiger partial charge in [-0.1, -0.05) is 94.7 Å². The lowest BCUT2D eigenvalue weighted by molar-refractivity contribution is 0.307. The molecule has 5 heteroatoms. The third-order valence-electron chi connectivity index (χ3n) is 7.07. The molecule has 0 aliphatic carbocycles. The normalized spacial score (nSPS) is 14.5. The molecule has 0 heterocycles. The molecule has 0 saturated carbocycles. The third-order valence-corrected chi connectivity index (χ3v) is 14.7. The van der Waals surface area contributed by atoms with Gasteiger partial charge in [0.15, 0.2) is 9.84 Å². The number of hydrogen-bond donors (Lipinski definition) is 0. The third kappa shape index (κ3) is 10.2. The van der Waals surface area contributed by atoms with Gasteiger partial charge in [-0.3, -0.25) is 0 Å². The van der Waals surface area contributed by atoms with E-state index in [0.29, 0.717) is 21.5 Å². The first-order valence-electron chi connectivity index (χ1n) is 13.2. The van der Waals surface area contributed by atoms with E-state index in [9.17, 15) is 8.42 Å². The molecule has 1 aromatic rings. The molecule has 0 unspecified atom stereocenters. The summed E-state index contributed by atoms with van der Waals surface area (Å²) in [7, 11) is -5.06. The van der Waals surface area contributed by atoms with Crippen LogP contribution in [0.4, 0.5) is 0 Å². The SMILES string of the molecule is C/C(=C\CC/C(C)=C/CS(=O)(=O)c1ccccc1)CC/C=C(\C)CO[Si](C(C)C)(C(C)C)C(C)C. The fourth-order valence-electron chi connectivity index (χ4n) is 5.07. The van der Waals surface area contributed by atoms with Gasteiger partial charge in [-0.25, -0.2) is 8.42 Å². The van der Waals surface area contributed by atoms with Crippen LogP contribution in [0.1, 0.15) is 88.0 Å². The van der Waals surface area contributed by atoms with Gasteiger partial charge in [0, 0.05) is 0 Å². The number of rotatable bonds is 15. The fourth-order valence-corrected chi connectivity index (χ4v) is 11.8. The molecular weight excluding hydrogens is 468 g/mol. The van der Waals surface area contributed by atoms with Gasteiger partial charge < -0.3 is 4.43 Å². The van der Waals surface area contributed by atoms with E-state index in [4.69, 9.17) is 4.43 Å². The van der Waals surface area contributed by atoms with Crippen molar-refractivity contribution in [2.45, 2.75) is 110 Å². The summed E-state index contributed by atoms with van der Waals surface area (Å²) < 4.78 is 31.6. The summed E-state index contributed by atoms with van der Waals surface area (Å²) >= 11 is 0. The Bertz CT molecular complexity index is 933. The average Bonchev–Trinajstić information content (AvgIpc) is 2.78. The molecule has 0 aliphatic heterocycles. The number of hydrogen-bond acceptors (Lipinski definition) is 3. The quantitative estimate of drug-likeness (QED) is 0.172.